The van der Waals surface area contributed by atoms with Gasteiger partial charge in [-0.05, 0) is 6.92 Å². The van der Waals surface area contributed by atoms with Crippen molar-refractivity contribution in [2.24, 2.45) is 0 Å². The van der Waals surface area contributed by atoms with Gasteiger partial charge in [-0.3, -0.25) is 14.4 Å². The molecule has 0 aliphatic carbocycles. The molecule has 8 nitrogen and oxygen atoms in total. The number of likely N-dealkylation sites (tertiary alicyclic amines) is 1. The number of anilines is 1. The number of likely N-dealkylation sites (N-methyl/N-ethyl adjacent to an activating group) is 1. The molecule has 0 saturated carbocycles. The third-order valence-corrected chi connectivity index (χ3v) is 5.50. The molecule has 0 unspecified atom stereocenters. The molecule has 9 heteroatoms. The number of carbonyl (C=O) groups excluding carboxylic acids is 2. The Kier molecular flexibility index (Phi) is 3.52. The molecule has 24 heavy (non-hydrogen) atoms. The zero-order valence-corrected chi connectivity index (χ0v) is 14.4. The summed E-state index contributed by atoms with van der Waals surface area (Å²) in [5.41, 5.74) is 3.29. The molecule has 4 heterocycles. The van der Waals surface area contributed by atoms with E-state index in [1.807, 2.05) is 17.8 Å². The first-order valence-electron chi connectivity index (χ1n) is 7.80. The van der Waals surface area contributed by atoms with Crippen molar-refractivity contribution >= 4 is 29.0 Å². The monoisotopic (exact) mass is 346 g/mol. The Morgan fingerprint density at radius 2 is 2.12 bits per heavy atom. The molecule has 0 aromatic carbocycles. The molecule has 0 atom stereocenters. The van der Waals surface area contributed by atoms with Gasteiger partial charge in [-0.1, -0.05) is 0 Å². The molecule has 2 saturated heterocycles. The Bertz CT molecular complexity index is 793. The second-order valence-electron chi connectivity index (χ2n) is 6.17. The fourth-order valence-electron chi connectivity index (χ4n) is 2.99. The van der Waals surface area contributed by atoms with Gasteiger partial charge < -0.3 is 9.80 Å². The fraction of sp³-hybridized carbons (Fsp3) is 0.467. The van der Waals surface area contributed by atoms with Gasteiger partial charge in [0.2, 0.25) is 0 Å². The first-order valence-corrected chi connectivity index (χ1v) is 8.68. The van der Waals surface area contributed by atoms with Crippen LogP contribution in [0, 0.1) is 6.92 Å². The van der Waals surface area contributed by atoms with Gasteiger partial charge in [0.25, 0.3) is 5.91 Å². The molecule has 2 aromatic heterocycles. The maximum atomic E-state index is 12.4. The third-order valence-electron chi connectivity index (χ3n) is 4.58. The van der Waals surface area contributed by atoms with Crippen LogP contribution in [0.15, 0.2) is 17.9 Å². The SMILES string of the molecule is Cc1ncsc1C(=O)N1CC(n2cc(N3CCN(C)C3=O)cn2)C1. The van der Waals surface area contributed by atoms with E-state index < -0.39 is 0 Å². The average Bonchev–Trinajstić information content (AvgIpc) is 3.21. The van der Waals surface area contributed by atoms with Gasteiger partial charge in [0.15, 0.2) is 0 Å². The van der Waals surface area contributed by atoms with Crippen LogP contribution in [0.4, 0.5) is 10.5 Å². The van der Waals surface area contributed by atoms with Crippen LogP contribution in [-0.2, 0) is 0 Å². The number of urea groups is 1. The molecule has 2 aliphatic heterocycles. The second kappa shape index (κ2) is 5.59. The van der Waals surface area contributed by atoms with Crippen LogP contribution in [0.1, 0.15) is 21.4 Å². The average molecular weight is 346 g/mol. The lowest BCUT2D eigenvalue weighted by Gasteiger charge is -2.39. The molecule has 2 aromatic rings. The standard InChI is InChI=1S/C15H18N6O2S/c1-10-13(24-9-16-10)14(22)19-6-12(7-19)21-8-11(5-17-21)20-4-3-18(2)15(20)23/h5,8-9,12H,3-4,6-7H2,1-2H3. The highest BCUT2D eigenvalue weighted by molar-refractivity contribution is 7.11. The number of aromatic nitrogens is 3. The number of carbonyl (C=O) groups is 2. The van der Waals surface area contributed by atoms with E-state index >= 15 is 0 Å². The second-order valence-corrected chi connectivity index (χ2v) is 7.02. The van der Waals surface area contributed by atoms with Gasteiger partial charge in [0, 0.05) is 39.4 Å². The maximum Gasteiger partial charge on any atom is 0.324 e. The predicted octanol–water partition coefficient (Wildman–Crippen LogP) is 1.22. The van der Waals surface area contributed by atoms with Crippen molar-refractivity contribution in [3.05, 3.63) is 28.5 Å². The van der Waals surface area contributed by atoms with E-state index in [9.17, 15) is 9.59 Å². The van der Waals surface area contributed by atoms with Crippen LogP contribution < -0.4 is 4.90 Å². The van der Waals surface area contributed by atoms with Crippen molar-refractivity contribution in [1.82, 2.24) is 24.6 Å². The number of hydrogen-bond donors (Lipinski definition) is 0. The highest BCUT2D eigenvalue weighted by Gasteiger charge is 2.35. The first-order chi connectivity index (χ1) is 11.5. The smallest absolute Gasteiger partial charge is 0.324 e. The maximum absolute atomic E-state index is 12.4. The summed E-state index contributed by atoms with van der Waals surface area (Å²) < 4.78 is 1.85. The van der Waals surface area contributed by atoms with Gasteiger partial charge in [-0.25, -0.2) is 9.78 Å². The Hall–Kier alpha value is -2.42. The molecule has 4 rings (SSSR count). The zero-order chi connectivity index (χ0) is 16.8. The molecule has 2 fully saturated rings. The molecule has 0 N–H and O–H groups in total. The van der Waals surface area contributed by atoms with E-state index in [1.54, 1.807) is 33.5 Å². The van der Waals surface area contributed by atoms with Crippen LogP contribution in [-0.4, -0.2) is 69.7 Å². The van der Waals surface area contributed by atoms with Crippen LogP contribution in [0.2, 0.25) is 0 Å². The summed E-state index contributed by atoms with van der Waals surface area (Å²) >= 11 is 1.38. The minimum Gasteiger partial charge on any atom is -0.333 e. The topological polar surface area (TPSA) is 74.6 Å². The van der Waals surface area contributed by atoms with E-state index in [0.29, 0.717) is 24.5 Å². The van der Waals surface area contributed by atoms with Gasteiger partial charge in [-0.2, -0.15) is 5.10 Å². The van der Waals surface area contributed by atoms with E-state index in [2.05, 4.69) is 10.1 Å². The van der Waals surface area contributed by atoms with Crippen molar-refractivity contribution in [2.45, 2.75) is 13.0 Å². The van der Waals surface area contributed by atoms with Crippen molar-refractivity contribution in [2.75, 3.05) is 38.1 Å². The van der Waals surface area contributed by atoms with Crippen LogP contribution >= 0.6 is 11.3 Å². The Morgan fingerprint density at radius 3 is 2.75 bits per heavy atom. The number of nitrogens with zero attached hydrogens (tertiary/aromatic N) is 6. The van der Waals surface area contributed by atoms with E-state index in [4.69, 9.17) is 0 Å². The lowest BCUT2D eigenvalue weighted by Crippen LogP contribution is -2.50. The first kappa shape index (κ1) is 15.1. The van der Waals surface area contributed by atoms with E-state index in [1.165, 1.54) is 11.3 Å². The molecule has 0 radical (unpaired) electrons. The molecule has 0 bridgehead atoms. The van der Waals surface area contributed by atoms with Gasteiger partial charge in [-0.15, -0.1) is 11.3 Å². The van der Waals surface area contributed by atoms with E-state index in [0.717, 1.165) is 17.9 Å². The highest BCUT2D eigenvalue weighted by Crippen LogP contribution is 2.27. The van der Waals surface area contributed by atoms with Crippen molar-refractivity contribution in [1.29, 1.82) is 0 Å². The zero-order valence-electron chi connectivity index (χ0n) is 13.5. The molecular formula is C15H18N6O2S. The summed E-state index contributed by atoms with van der Waals surface area (Å²) in [5, 5.41) is 4.37. The Labute approximate surface area is 143 Å². The van der Waals surface area contributed by atoms with Crippen molar-refractivity contribution in [3.63, 3.8) is 0 Å². The van der Waals surface area contributed by atoms with Gasteiger partial charge >= 0.3 is 6.03 Å². The normalized spacial score (nSPS) is 18.4. The third kappa shape index (κ3) is 2.35. The molecular weight excluding hydrogens is 328 g/mol. The number of hydrogen-bond acceptors (Lipinski definition) is 5. The summed E-state index contributed by atoms with van der Waals surface area (Å²) in [6.07, 6.45) is 3.61. The van der Waals surface area contributed by atoms with Crippen LogP contribution in [0.5, 0.6) is 0 Å². The van der Waals surface area contributed by atoms with Crippen molar-refractivity contribution in [3.8, 4) is 0 Å². The van der Waals surface area contributed by atoms with Crippen LogP contribution in [0.3, 0.4) is 0 Å². The van der Waals surface area contributed by atoms with Crippen LogP contribution in [0.25, 0.3) is 0 Å². The fourth-order valence-corrected chi connectivity index (χ4v) is 3.76. The number of aryl methyl sites for hydroxylation is 1. The summed E-state index contributed by atoms with van der Waals surface area (Å²) in [6, 6.07) is 0.159. The number of rotatable bonds is 3. The lowest BCUT2D eigenvalue weighted by molar-refractivity contribution is 0.0505. The minimum atomic E-state index is 0.000587. The predicted molar refractivity (Wildman–Crippen MR) is 89.4 cm³/mol. The Balaban J connectivity index is 1.40. The molecule has 0 spiro atoms. The molecule has 3 amide bonds. The van der Waals surface area contributed by atoms with Gasteiger partial charge in [0.05, 0.1) is 29.1 Å². The number of thiazole rings is 1. The summed E-state index contributed by atoms with van der Waals surface area (Å²) in [6.45, 7) is 4.52. The summed E-state index contributed by atoms with van der Waals surface area (Å²) in [7, 11) is 1.80. The van der Waals surface area contributed by atoms with Gasteiger partial charge in [0.1, 0.15) is 4.88 Å². The minimum absolute atomic E-state index is 0.000587. The Morgan fingerprint density at radius 1 is 1.33 bits per heavy atom. The molecule has 126 valence electrons. The lowest BCUT2D eigenvalue weighted by atomic mass is 10.1. The largest absolute Gasteiger partial charge is 0.333 e. The quantitative estimate of drug-likeness (QED) is 0.837. The summed E-state index contributed by atoms with van der Waals surface area (Å²) in [5.74, 6) is 0.0370. The van der Waals surface area contributed by atoms with Crippen molar-refractivity contribution < 1.29 is 9.59 Å². The summed E-state index contributed by atoms with van der Waals surface area (Å²) in [4.78, 5) is 34.5. The number of amides is 3. The van der Waals surface area contributed by atoms with E-state index in [-0.39, 0.29) is 18.0 Å². The highest BCUT2D eigenvalue weighted by atomic mass is 32.1. The molecule has 2 aliphatic rings.